The van der Waals surface area contributed by atoms with Crippen molar-refractivity contribution in [2.45, 2.75) is 57.7 Å². The van der Waals surface area contributed by atoms with Gasteiger partial charge in [0, 0.05) is 24.8 Å². The first-order valence-corrected chi connectivity index (χ1v) is 12.8. The first-order chi connectivity index (χ1) is 18.4. The van der Waals surface area contributed by atoms with E-state index in [0.29, 0.717) is 11.4 Å². The number of phenols is 1. The topological polar surface area (TPSA) is 143 Å². The Bertz CT molecular complexity index is 1240. The molecule has 1 saturated carbocycles. The van der Waals surface area contributed by atoms with Crippen LogP contribution in [0.15, 0.2) is 42.5 Å². The third kappa shape index (κ3) is 6.46. The van der Waals surface area contributed by atoms with Crippen LogP contribution in [-0.2, 0) is 16.1 Å². The molecule has 1 fully saturated rings. The van der Waals surface area contributed by atoms with Crippen molar-refractivity contribution in [1.29, 1.82) is 0 Å². The second-order valence-electron chi connectivity index (χ2n) is 9.50. The van der Waals surface area contributed by atoms with E-state index in [9.17, 15) is 19.8 Å². The van der Waals surface area contributed by atoms with Crippen molar-refractivity contribution in [3.63, 3.8) is 0 Å². The van der Waals surface area contributed by atoms with Crippen molar-refractivity contribution < 1.29 is 24.5 Å². The largest absolute Gasteiger partial charge is 0.504 e. The number of tetrazole rings is 1. The second-order valence-corrected chi connectivity index (χ2v) is 9.50. The van der Waals surface area contributed by atoms with Gasteiger partial charge in [0.1, 0.15) is 12.6 Å². The van der Waals surface area contributed by atoms with Gasteiger partial charge in [-0.15, -0.1) is 10.2 Å². The molecular formula is C27H34N6O5. The molecule has 202 valence electrons. The molecule has 1 aliphatic rings. The lowest BCUT2D eigenvalue weighted by Crippen LogP contribution is -2.47. The van der Waals surface area contributed by atoms with Crippen molar-refractivity contribution in [2.75, 3.05) is 20.3 Å². The molecule has 2 aromatic carbocycles. The zero-order valence-corrected chi connectivity index (χ0v) is 21.7. The van der Waals surface area contributed by atoms with Crippen LogP contribution in [0.25, 0.3) is 11.4 Å². The summed E-state index contributed by atoms with van der Waals surface area (Å²) in [5.74, 6) is -0.238. The number of hydrogen-bond acceptors (Lipinski definition) is 8. The molecule has 1 atom stereocenters. The van der Waals surface area contributed by atoms with Crippen molar-refractivity contribution in [2.24, 2.45) is 0 Å². The Balaban J connectivity index is 1.63. The van der Waals surface area contributed by atoms with E-state index in [0.717, 1.165) is 36.8 Å². The van der Waals surface area contributed by atoms with E-state index in [2.05, 4.69) is 20.7 Å². The van der Waals surface area contributed by atoms with Crippen molar-refractivity contribution in [1.82, 2.24) is 30.4 Å². The second kappa shape index (κ2) is 12.5. The highest BCUT2D eigenvalue weighted by molar-refractivity contribution is 5.89. The van der Waals surface area contributed by atoms with E-state index in [1.165, 1.54) is 22.9 Å². The number of ether oxygens (including phenoxy) is 1. The summed E-state index contributed by atoms with van der Waals surface area (Å²) < 4.78 is 5.26. The van der Waals surface area contributed by atoms with Crippen LogP contribution in [0.1, 0.15) is 49.3 Å². The van der Waals surface area contributed by atoms with Crippen LogP contribution in [0.2, 0.25) is 0 Å². The first-order valence-electron chi connectivity index (χ1n) is 12.8. The number of nitrogens with zero attached hydrogens (tertiary/aromatic N) is 5. The summed E-state index contributed by atoms with van der Waals surface area (Å²) in [7, 11) is 1.42. The number of benzene rings is 2. The number of aromatic nitrogens is 4. The molecule has 3 N–H and O–H groups in total. The van der Waals surface area contributed by atoms with Gasteiger partial charge in [-0.25, -0.2) is 0 Å². The minimum Gasteiger partial charge on any atom is -0.504 e. The fraction of sp³-hybridized carbons (Fsp3) is 0.444. The number of phenolic OH excluding ortho intramolecular Hbond substituents is 1. The molecule has 1 heterocycles. The maximum absolute atomic E-state index is 13.6. The van der Waals surface area contributed by atoms with E-state index in [1.807, 2.05) is 31.2 Å². The summed E-state index contributed by atoms with van der Waals surface area (Å²) in [6.07, 6.45) is 4.11. The number of aryl methyl sites for hydroxylation is 1. The number of aliphatic hydroxyl groups is 1. The lowest BCUT2D eigenvalue weighted by atomic mass is 10.0. The van der Waals surface area contributed by atoms with Gasteiger partial charge in [-0.2, -0.15) is 4.80 Å². The third-order valence-corrected chi connectivity index (χ3v) is 6.70. The van der Waals surface area contributed by atoms with Crippen LogP contribution in [0.3, 0.4) is 0 Å². The molecule has 1 aromatic heterocycles. The quantitative estimate of drug-likeness (QED) is 0.348. The number of carbonyl (C=O) groups excluding carboxylic acids is 2. The van der Waals surface area contributed by atoms with Gasteiger partial charge in [0.15, 0.2) is 11.5 Å². The molecule has 1 aliphatic carbocycles. The number of amides is 2. The van der Waals surface area contributed by atoms with Gasteiger partial charge in [-0.1, -0.05) is 48.7 Å². The fourth-order valence-corrected chi connectivity index (χ4v) is 4.67. The molecule has 0 radical (unpaired) electrons. The van der Waals surface area contributed by atoms with Crippen LogP contribution < -0.4 is 10.1 Å². The highest BCUT2D eigenvalue weighted by atomic mass is 16.5. The van der Waals surface area contributed by atoms with Crippen molar-refractivity contribution in [3.8, 4) is 22.9 Å². The summed E-state index contributed by atoms with van der Waals surface area (Å²) in [5.41, 5.74) is 2.36. The monoisotopic (exact) mass is 522 g/mol. The highest BCUT2D eigenvalue weighted by Crippen LogP contribution is 2.32. The number of nitrogens with one attached hydrogen (secondary N) is 1. The Morgan fingerprint density at radius 3 is 2.61 bits per heavy atom. The molecule has 4 rings (SSSR count). The summed E-state index contributed by atoms with van der Waals surface area (Å²) in [4.78, 5) is 29.9. The number of carbonyl (C=O) groups is 2. The maximum Gasteiger partial charge on any atom is 0.247 e. The first kappa shape index (κ1) is 27.1. The predicted octanol–water partition coefficient (Wildman–Crippen LogP) is 2.37. The molecule has 0 saturated heterocycles. The molecular weight excluding hydrogens is 488 g/mol. The summed E-state index contributed by atoms with van der Waals surface area (Å²) in [5, 5.41) is 35.2. The predicted molar refractivity (Wildman–Crippen MR) is 139 cm³/mol. The maximum atomic E-state index is 13.6. The standard InChI is InChI=1S/C27H34N6O5/c1-18-8-10-19(11-9-18)26-29-31-33(30-26)17-24(36)32(14-5-15-34)25(27(37)28-21-6-3-4-7-21)20-12-13-22(35)23(16-20)38-2/h8-13,16,21,25,34-35H,3-7,14-15,17H2,1-2H3,(H,28,37). The SMILES string of the molecule is COc1cc(C(C(=O)NC2CCCC2)N(CCCO)C(=O)Cn2nnc(-c3ccc(C)cc3)n2)ccc1O. The number of hydrogen-bond donors (Lipinski definition) is 3. The van der Waals surface area contributed by atoms with E-state index >= 15 is 0 Å². The van der Waals surface area contributed by atoms with E-state index in [4.69, 9.17) is 4.74 Å². The fourth-order valence-electron chi connectivity index (χ4n) is 4.67. The van der Waals surface area contributed by atoms with Gasteiger partial charge < -0.3 is 25.2 Å². The molecule has 11 nitrogen and oxygen atoms in total. The van der Waals surface area contributed by atoms with E-state index in [1.54, 1.807) is 12.1 Å². The Morgan fingerprint density at radius 1 is 1.18 bits per heavy atom. The highest BCUT2D eigenvalue weighted by Gasteiger charge is 2.34. The minimum absolute atomic E-state index is 0.0350. The van der Waals surface area contributed by atoms with Crippen molar-refractivity contribution >= 4 is 11.8 Å². The Hall–Kier alpha value is -3.99. The van der Waals surface area contributed by atoms with Gasteiger partial charge >= 0.3 is 0 Å². The molecule has 1 unspecified atom stereocenters. The van der Waals surface area contributed by atoms with Gasteiger partial charge in [-0.3, -0.25) is 9.59 Å². The smallest absolute Gasteiger partial charge is 0.247 e. The zero-order valence-electron chi connectivity index (χ0n) is 21.7. The number of methoxy groups -OCH3 is 1. The summed E-state index contributed by atoms with van der Waals surface area (Å²) in [6, 6.07) is 11.3. The molecule has 0 aliphatic heterocycles. The zero-order chi connectivity index (χ0) is 27.1. The van der Waals surface area contributed by atoms with Crippen molar-refractivity contribution in [3.05, 3.63) is 53.6 Å². The third-order valence-electron chi connectivity index (χ3n) is 6.70. The Kier molecular flexibility index (Phi) is 8.90. The van der Waals surface area contributed by atoms with Gasteiger partial charge in [0.05, 0.1) is 7.11 Å². The molecule has 38 heavy (non-hydrogen) atoms. The molecule has 0 bridgehead atoms. The number of aromatic hydroxyl groups is 1. The normalized spacial score (nSPS) is 14.3. The van der Waals surface area contributed by atoms with Crippen LogP contribution in [-0.4, -0.2) is 73.4 Å². The van der Waals surface area contributed by atoms with Crippen LogP contribution in [0, 0.1) is 6.92 Å². The van der Waals surface area contributed by atoms with Gasteiger partial charge in [-0.05, 0) is 49.1 Å². The average Bonchev–Trinajstić information content (AvgIpc) is 3.60. The van der Waals surface area contributed by atoms with Gasteiger partial charge in [0.25, 0.3) is 0 Å². The molecule has 2 amide bonds. The van der Waals surface area contributed by atoms with Crippen LogP contribution in [0.4, 0.5) is 0 Å². The molecule has 3 aromatic rings. The Morgan fingerprint density at radius 2 is 1.92 bits per heavy atom. The lowest BCUT2D eigenvalue weighted by Gasteiger charge is -2.32. The Labute approximate surface area is 221 Å². The number of rotatable bonds is 11. The lowest BCUT2D eigenvalue weighted by molar-refractivity contribution is -0.142. The molecule has 11 heteroatoms. The summed E-state index contributed by atoms with van der Waals surface area (Å²) >= 11 is 0. The number of aliphatic hydroxyl groups excluding tert-OH is 1. The van der Waals surface area contributed by atoms with Crippen LogP contribution in [0.5, 0.6) is 11.5 Å². The minimum atomic E-state index is -1.01. The van der Waals surface area contributed by atoms with Gasteiger partial charge in [0.2, 0.25) is 17.6 Å². The summed E-state index contributed by atoms with van der Waals surface area (Å²) in [6.45, 7) is 1.71. The van der Waals surface area contributed by atoms with E-state index in [-0.39, 0.29) is 49.6 Å². The molecule has 0 spiro atoms. The average molecular weight is 523 g/mol. The van der Waals surface area contributed by atoms with E-state index < -0.39 is 11.9 Å². The van der Waals surface area contributed by atoms with Crippen LogP contribution >= 0.6 is 0 Å².